The van der Waals surface area contributed by atoms with Crippen LogP contribution in [0.3, 0.4) is 0 Å². The van der Waals surface area contributed by atoms with Crippen LogP contribution in [0.15, 0.2) is 72.8 Å². The molecule has 0 saturated carbocycles. The topological polar surface area (TPSA) is 74.6 Å². The quantitative estimate of drug-likeness (QED) is 0.228. The number of fused-ring (bicyclic) bond motifs is 2. The second-order valence-corrected chi connectivity index (χ2v) is 18.6. The molecule has 0 bridgehead atoms. The van der Waals surface area contributed by atoms with Gasteiger partial charge in [-0.2, -0.15) is 0 Å². The first-order valence-corrected chi connectivity index (χ1v) is 17.9. The van der Waals surface area contributed by atoms with Crippen LogP contribution in [0.5, 0.6) is 11.5 Å². The van der Waals surface area contributed by atoms with Crippen molar-refractivity contribution in [2.75, 3.05) is 0 Å². The van der Waals surface area contributed by atoms with E-state index in [-0.39, 0.29) is 44.7 Å². The van der Waals surface area contributed by atoms with E-state index >= 15 is 0 Å². The van der Waals surface area contributed by atoms with Crippen molar-refractivity contribution in [1.29, 1.82) is 0 Å². The molecule has 2 aliphatic rings. The molecular formula is C46H53O4. The number of hydrogen-bond acceptors (Lipinski definition) is 4. The molecule has 0 aliphatic heterocycles. The number of aromatic hydroxyl groups is 2. The number of ketones is 2. The SMILES string of the molecule is CC(C)(C)c1cc(C2[C](C3c4ccccc4C(=O)C3c3cc(C(C)(C)C)c(O)c(C(C)(C)C)c3)c3ccccc3C2=O)cc(C(C)(C)C)c1O. The lowest BCUT2D eigenvalue weighted by Gasteiger charge is -2.34. The van der Waals surface area contributed by atoms with Crippen LogP contribution >= 0.6 is 0 Å². The van der Waals surface area contributed by atoms with Crippen molar-refractivity contribution in [3.05, 3.63) is 134 Å². The fourth-order valence-corrected chi connectivity index (χ4v) is 8.21. The van der Waals surface area contributed by atoms with Crippen LogP contribution in [0.4, 0.5) is 0 Å². The summed E-state index contributed by atoms with van der Waals surface area (Å²) < 4.78 is 0. The summed E-state index contributed by atoms with van der Waals surface area (Å²) in [6.45, 7) is 25.0. The van der Waals surface area contributed by atoms with Crippen LogP contribution in [-0.2, 0) is 21.7 Å². The fraction of sp³-hybridized carbons (Fsp3) is 0.413. The molecular weight excluding hydrogens is 617 g/mol. The maximum atomic E-state index is 14.8. The van der Waals surface area contributed by atoms with E-state index in [9.17, 15) is 19.8 Å². The first kappa shape index (κ1) is 35.6. The van der Waals surface area contributed by atoms with Crippen molar-refractivity contribution in [2.45, 2.75) is 122 Å². The molecule has 0 heterocycles. The molecule has 3 atom stereocenters. The van der Waals surface area contributed by atoms with Gasteiger partial charge in [-0.05, 0) is 66.2 Å². The van der Waals surface area contributed by atoms with E-state index in [1.54, 1.807) is 0 Å². The summed E-state index contributed by atoms with van der Waals surface area (Å²) in [5.41, 5.74) is 6.47. The first-order valence-electron chi connectivity index (χ1n) is 17.9. The predicted octanol–water partition coefficient (Wildman–Crippen LogP) is 11.0. The number of Topliss-reactive ketones (excluding diaryl/α,β-unsaturated/α-hetero) is 2. The second kappa shape index (κ2) is 11.7. The molecule has 3 unspecified atom stereocenters. The van der Waals surface area contributed by atoms with Gasteiger partial charge in [0.25, 0.3) is 0 Å². The van der Waals surface area contributed by atoms with Gasteiger partial charge in [-0.15, -0.1) is 0 Å². The lowest BCUT2D eigenvalue weighted by molar-refractivity contribution is 0.0947. The summed E-state index contributed by atoms with van der Waals surface area (Å²) in [6.07, 6.45) is 0. The third-order valence-electron chi connectivity index (χ3n) is 10.8. The lowest BCUT2D eigenvalue weighted by Crippen LogP contribution is -2.26. The Hall–Kier alpha value is -4.18. The number of rotatable bonds is 3. The van der Waals surface area contributed by atoms with Crippen molar-refractivity contribution in [1.82, 2.24) is 0 Å². The largest absolute Gasteiger partial charge is 0.507 e. The molecule has 0 fully saturated rings. The van der Waals surface area contributed by atoms with Gasteiger partial charge in [0.05, 0.1) is 11.8 Å². The minimum Gasteiger partial charge on any atom is -0.507 e. The molecule has 261 valence electrons. The molecule has 0 amide bonds. The number of benzene rings is 4. The molecule has 2 N–H and O–H groups in total. The summed E-state index contributed by atoms with van der Waals surface area (Å²) in [7, 11) is 0. The number of carbonyl (C=O) groups excluding carboxylic acids is 2. The third-order valence-corrected chi connectivity index (χ3v) is 10.8. The van der Waals surface area contributed by atoms with E-state index in [4.69, 9.17) is 0 Å². The monoisotopic (exact) mass is 669 g/mol. The maximum Gasteiger partial charge on any atom is 0.171 e. The van der Waals surface area contributed by atoms with E-state index < -0.39 is 17.8 Å². The Balaban J connectivity index is 1.68. The van der Waals surface area contributed by atoms with Gasteiger partial charge in [-0.25, -0.2) is 0 Å². The fourth-order valence-electron chi connectivity index (χ4n) is 8.21. The van der Waals surface area contributed by atoms with Crippen LogP contribution in [-0.4, -0.2) is 21.8 Å². The molecule has 4 heteroatoms. The summed E-state index contributed by atoms with van der Waals surface area (Å²) in [6, 6.07) is 23.8. The van der Waals surface area contributed by atoms with Crippen LogP contribution in [0.2, 0.25) is 0 Å². The normalized spacial score (nSPS) is 20.0. The minimum atomic E-state index is -0.650. The highest BCUT2D eigenvalue weighted by atomic mass is 16.3. The Bertz CT molecular complexity index is 1800. The standard InChI is InChI=1S/C46H53O4/c1-43(2,3)31-21-25(22-32(41(31)49)44(4,5)6)35-37(27-17-13-15-19-29(27)39(35)47)38-28-18-14-16-20-30(28)40(48)36(38)26-23-33(45(7,8)9)42(50)34(24-26)46(10,11)12/h13-24,35-37,49-50H,1-12H3. The number of hydrogen-bond donors (Lipinski definition) is 2. The van der Waals surface area contributed by atoms with Crippen LogP contribution in [0.25, 0.3) is 0 Å². The van der Waals surface area contributed by atoms with Crippen LogP contribution < -0.4 is 0 Å². The van der Waals surface area contributed by atoms with Crippen molar-refractivity contribution < 1.29 is 19.8 Å². The average molecular weight is 670 g/mol. The summed E-state index contributed by atoms with van der Waals surface area (Å²) in [5.74, 6) is -0.187. The van der Waals surface area contributed by atoms with Gasteiger partial charge in [-0.1, -0.05) is 156 Å². The maximum absolute atomic E-state index is 14.8. The Morgan fingerprint density at radius 1 is 0.460 bits per heavy atom. The van der Waals surface area contributed by atoms with Crippen molar-refractivity contribution in [3.8, 4) is 11.5 Å². The number of phenolic OH excluding ortho intramolecular Hbond substituents is 2. The van der Waals surface area contributed by atoms with Gasteiger partial charge in [0.2, 0.25) is 0 Å². The molecule has 4 aromatic carbocycles. The van der Waals surface area contributed by atoms with Crippen LogP contribution in [0, 0.1) is 5.92 Å². The van der Waals surface area contributed by atoms with Crippen molar-refractivity contribution >= 4 is 11.6 Å². The van der Waals surface area contributed by atoms with Gasteiger partial charge < -0.3 is 10.2 Å². The van der Waals surface area contributed by atoms with Gasteiger partial charge >= 0.3 is 0 Å². The van der Waals surface area contributed by atoms with Crippen molar-refractivity contribution in [3.63, 3.8) is 0 Å². The Kier molecular flexibility index (Phi) is 8.33. The molecule has 0 saturated heterocycles. The zero-order valence-corrected chi connectivity index (χ0v) is 31.9. The number of phenols is 2. The molecule has 0 spiro atoms. The molecule has 1 radical (unpaired) electrons. The zero-order chi connectivity index (χ0) is 36.9. The Morgan fingerprint density at radius 3 is 1.28 bits per heavy atom. The van der Waals surface area contributed by atoms with E-state index in [1.165, 1.54) is 0 Å². The van der Waals surface area contributed by atoms with E-state index in [1.807, 2.05) is 72.8 Å². The molecule has 6 rings (SSSR count). The van der Waals surface area contributed by atoms with Gasteiger partial charge in [-0.3, -0.25) is 9.59 Å². The second-order valence-electron chi connectivity index (χ2n) is 18.6. The highest BCUT2D eigenvalue weighted by molar-refractivity contribution is 6.12. The molecule has 4 nitrogen and oxygen atoms in total. The van der Waals surface area contributed by atoms with E-state index in [0.29, 0.717) is 11.1 Å². The Morgan fingerprint density at radius 2 is 0.840 bits per heavy atom. The molecule has 0 aromatic heterocycles. The number of carbonyl (C=O) groups is 2. The zero-order valence-electron chi connectivity index (χ0n) is 31.9. The first-order chi connectivity index (χ1) is 23.0. The Labute approximate surface area is 299 Å². The lowest BCUT2D eigenvalue weighted by atomic mass is 9.68. The van der Waals surface area contributed by atoms with Gasteiger partial charge in [0.15, 0.2) is 11.6 Å². The summed E-state index contributed by atoms with van der Waals surface area (Å²) in [5, 5.41) is 23.3. The van der Waals surface area contributed by atoms with Crippen molar-refractivity contribution in [2.24, 2.45) is 0 Å². The average Bonchev–Trinajstić information content (AvgIpc) is 3.45. The summed E-state index contributed by atoms with van der Waals surface area (Å²) in [4.78, 5) is 29.7. The molecule has 4 aromatic rings. The third kappa shape index (κ3) is 5.79. The van der Waals surface area contributed by atoms with E-state index in [2.05, 4.69) is 83.1 Å². The molecule has 50 heavy (non-hydrogen) atoms. The van der Waals surface area contributed by atoms with Crippen LogP contribution in [0.1, 0.15) is 166 Å². The van der Waals surface area contributed by atoms with Gasteiger partial charge in [0, 0.05) is 23.0 Å². The molecule has 2 aliphatic carbocycles. The summed E-state index contributed by atoms with van der Waals surface area (Å²) >= 11 is 0. The highest BCUT2D eigenvalue weighted by Gasteiger charge is 2.53. The minimum absolute atomic E-state index is 0.00746. The smallest absolute Gasteiger partial charge is 0.171 e. The van der Waals surface area contributed by atoms with Gasteiger partial charge in [0.1, 0.15) is 11.5 Å². The van der Waals surface area contributed by atoms with E-state index in [0.717, 1.165) is 50.4 Å². The highest BCUT2D eigenvalue weighted by Crippen LogP contribution is 2.60. The predicted molar refractivity (Wildman–Crippen MR) is 203 cm³/mol.